The van der Waals surface area contributed by atoms with Gasteiger partial charge in [0.2, 0.25) is 5.91 Å². The van der Waals surface area contributed by atoms with Gasteiger partial charge >= 0.3 is 0 Å². The maximum atomic E-state index is 12.9. The molecule has 5 heteroatoms. The van der Waals surface area contributed by atoms with Crippen molar-refractivity contribution in [2.24, 2.45) is 0 Å². The Morgan fingerprint density at radius 2 is 2.26 bits per heavy atom. The van der Waals surface area contributed by atoms with E-state index < -0.39 is 0 Å². The van der Waals surface area contributed by atoms with Crippen LogP contribution in [0.25, 0.3) is 0 Å². The lowest BCUT2D eigenvalue weighted by molar-refractivity contribution is -0.118. The standard InChI is InChI=1S/C18H21N3O2/c1-13-9-15(19-23-13)10-18(22)21-12-16-6-4-8-20(16)11-14-5-2-3-7-17(14)21/h2-3,5,7,9,16H,4,6,8,10-12H2,1H3/t16-/m1/s1. The zero-order chi connectivity index (χ0) is 15.8. The first-order valence-corrected chi connectivity index (χ1v) is 8.25. The molecule has 3 heterocycles. The molecule has 120 valence electrons. The number of para-hydroxylation sites is 1. The van der Waals surface area contributed by atoms with Crippen molar-refractivity contribution in [2.45, 2.75) is 38.8 Å². The quantitative estimate of drug-likeness (QED) is 0.855. The predicted octanol–water partition coefficient (Wildman–Crippen LogP) is 2.54. The number of aromatic nitrogens is 1. The summed E-state index contributed by atoms with van der Waals surface area (Å²) in [6, 6.07) is 10.6. The minimum atomic E-state index is 0.0968. The van der Waals surface area contributed by atoms with E-state index >= 15 is 0 Å². The van der Waals surface area contributed by atoms with E-state index in [2.05, 4.69) is 28.3 Å². The van der Waals surface area contributed by atoms with Crippen molar-refractivity contribution < 1.29 is 9.32 Å². The van der Waals surface area contributed by atoms with E-state index in [1.54, 1.807) is 0 Å². The molecule has 1 aromatic heterocycles. The first kappa shape index (κ1) is 14.5. The summed E-state index contributed by atoms with van der Waals surface area (Å²) in [4.78, 5) is 17.4. The van der Waals surface area contributed by atoms with Gasteiger partial charge in [0.15, 0.2) is 0 Å². The fourth-order valence-electron chi connectivity index (χ4n) is 3.73. The van der Waals surface area contributed by atoms with E-state index in [9.17, 15) is 4.79 Å². The van der Waals surface area contributed by atoms with Crippen LogP contribution in [0.3, 0.4) is 0 Å². The number of hydrogen-bond donors (Lipinski definition) is 0. The molecule has 2 aromatic rings. The van der Waals surface area contributed by atoms with Gasteiger partial charge in [0.05, 0.1) is 12.1 Å². The number of benzene rings is 1. The molecule has 1 atom stereocenters. The van der Waals surface area contributed by atoms with E-state index in [0.717, 1.165) is 31.1 Å². The molecule has 1 aromatic carbocycles. The molecule has 0 spiro atoms. The predicted molar refractivity (Wildman–Crippen MR) is 87.2 cm³/mol. The summed E-state index contributed by atoms with van der Waals surface area (Å²) in [6.45, 7) is 4.68. The van der Waals surface area contributed by atoms with E-state index in [0.29, 0.717) is 18.2 Å². The Kier molecular flexibility index (Phi) is 3.65. The fourth-order valence-corrected chi connectivity index (χ4v) is 3.73. The molecular weight excluding hydrogens is 290 g/mol. The lowest BCUT2D eigenvalue weighted by Crippen LogP contribution is -2.41. The van der Waals surface area contributed by atoms with Gasteiger partial charge < -0.3 is 9.42 Å². The average Bonchev–Trinajstić information content (AvgIpc) is 3.11. The molecule has 1 saturated heterocycles. The Bertz CT molecular complexity index is 725. The second-order valence-corrected chi connectivity index (χ2v) is 6.51. The highest BCUT2D eigenvalue weighted by Gasteiger charge is 2.33. The SMILES string of the molecule is Cc1cc(CC(=O)N2C[C@H]3CCCN3Cc3ccccc32)no1. The Balaban J connectivity index is 1.64. The molecule has 23 heavy (non-hydrogen) atoms. The smallest absolute Gasteiger partial charge is 0.233 e. The van der Waals surface area contributed by atoms with E-state index in [1.807, 2.05) is 24.0 Å². The molecular formula is C18H21N3O2. The second kappa shape index (κ2) is 5.81. The van der Waals surface area contributed by atoms with Gasteiger partial charge in [-0.15, -0.1) is 0 Å². The van der Waals surface area contributed by atoms with Crippen molar-refractivity contribution in [1.29, 1.82) is 0 Å². The maximum Gasteiger partial charge on any atom is 0.233 e. The molecule has 1 fully saturated rings. The lowest BCUT2D eigenvalue weighted by atomic mass is 10.1. The van der Waals surface area contributed by atoms with Crippen LogP contribution in [-0.2, 0) is 17.8 Å². The van der Waals surface area contributed by atoms with E-state index in [-0.39, 0.29) is 5.91 Å². The van der Waals surface area contributed by atoms with Gasteiger partial charge in [-0.3, -0.25) is 9.69 Å². The molecule has 5 nitrogen and oxygen atoms in total. The lowest BCUT2D eigenvalue weighted by Gasteiger charge is -2.26. The Hall–Kier alpha value is -2.14. The van der Waals surface area contributed by atoms with Crippen LogP contribution in [-0.4, -0.2) is 35.1 Å². The molecule has 0 unspecified atom stereocenters. The maximum absolute atomic E-state index is 12.9. The zero-order valence-electron chi connectivity index (χ0n) is 13.4. The highest BCUT2D eigenvalue weighted by atomic mass is 16.5. The summed E-state index contributed by atoms with van der Waals surface area (Å²) in [5.41, 5.74) is 2.99. The number of rotatable bonds is 2. The van der Waals surface area contributed by atoms with Gasteiger partial charge in [0.25, 0.3) is 0 Å². The van der Waals surface area contributed by atoms with Gasteiger partial charge in [0.1, 0.15) is 5.76 Å². The molecule has 0 aliphatic carbocycles. The first-order valence-electron chi connectivity index (χ1n) is 8.25. The number of hydrogen-bond acceptors (Lipinski definition) is 4. The fraction of sp³-hybridized carbons (Fsp3) is 0.444. The summed E-state index contributed by atoms with van der Waals surface area (Å²) < 4.78 is 5.09. The van der Waals surface area contributed by atoms with E-state index in [1.165, 1.54) is 18.4 Å². The van der Waals surface area contributed by atoms with Crippen molar-refractivity contribution >= 4 is 11.6 Å². The number of nitrogens with zero attached hydrogens (tertiary/aromatic N) is 3. The van der Waals surface area contributed by atoms with Crippen LogP contribution in [0.1, 0.15) is 29.9 Å². The molecule has 0 radical (unpaired) electrons. The highest BCUT2D eigenvalue weighted by molar-refractivity contribution is 5.95. The van der Waals surface area contributed by atoms with Crippen LogP contribution in [0.15, 0.2) is 34.9 Å². The molecule has 0 saturated carbocycles. The van der Waals surface area contributed by atoms with Crippen molar-refractivity contribution in [1.82, 2.24) is 10.1 Å². The molecule has 0 N–H and O–H groups in total. The van der Waals surface area contributed by atoms with Gasteiger partial charge in [-0.1, -0.05) is 23.4 Å². The van der Waals surface area contributed by atoms with Gasteiger partial charge in [-0.05, 0) is 37.9 Å². The van der Waals surface area contributed by atoms with Crippen LogP contribution in [0.4, 0.5) is 5.69 Å². The summed E-state index contributed by atoms with van der Waals surface area (Å²) in [5.74, 6) is 0.838. The largest absolute Gasteiger partial charge is 0.361 e. The van der Waals surface area contributed by atoms with Crippen molar-refractivity contribution in [3.63, 3.8) is 0 Å². The number of aryl methyl sites for hydroxylation is 1. The number of carbonyl (C=O) groups is 1. The minimum Gasteiger partial charge on any atom is -0.361 e. The third kappa shape index (κ3) is 2.77. The first-order chi connectivity index (χ1) is 11.2. The Morgan fingerprint density at radius 3 is 3.09 bits per heavy atom. The summed E-state index contributed by atoms with van der Waals surface area (Å²) in [6.07, 6.45) is 2.68. The van der Waals surface area contributed by atoms with Crippen LogP contribution >= 0.6 is 0 Å². The summed E-state index contributed by atoms with van der Waals surface area (Å²) >= 11 is 0. The number of fused-ring (bicyclic) bond motifs is 2. The van der Waals surface area contributed by atoms with Crippen molar-refractivity contribution in [3.8, 4) is 0 Å². The highest BCUT2D eigenvalue weighted by Crippen LogP contribution is 2.31. The average molecular weight is 311 g/mol. The molecule has 1 amide bonds. The monoisotopic (exact) mass is 311 g/mol. The van der Waals surface area contributed by atoms with Crippen molar-refractivity contribution in [3.05, 3.63) is 47.3 Å². The van der Waals surface area contributed by atoms with Crippen LogP contribution in [0.2, 0.25) is 0 Å². The molecule has 2 aliphatic rings. The van der Waals surface area contributed by atoms with Crippen LogP contribution < -0.4 is 4.90 Å². The topological polar surface area (TPSA) is 49.6 Å². The number of anilines is 1. The minimum absolute atomic E-state index is 0.0968. The Morgan fingerprint density at radius 1 is 1.39 bits per heavy atom. The van der Waals surface area contributed by atoms with Crippen molar-refractivity contribution in [2.75, 3.05) is 18.0 Å². The summed E-state index contributed by atoms with van der Waals surface area (Å²) in [5, 5.41) is 3.96. The molecule has 2 aliphatic heterocycles. The normalized spacial score (nSPS) is 20.9. The molecule has 0 bridgehead atoms. The van der Waals surface area contributed by atoms with Gasteiger partial charge in [0, 0.05) is 30.9 Å². The number of amides is 1. The third-order valence-electron chi connectivity index (χ3n) is 4.86. The number of carbonyl (C=O) groups excluding carboxylic acids is 1. The molecule has 4 rings (SSSR count). The second-order valence-electron chi connectivity index (χ2n) is 6.51. The third-order valence-corrected chi connectivity index (χ3v) is 4.86. The Labute approximate surface area is 135 Å². The van der Waals surface area contributed by atoms with Crippen LogP contribution in [0.5, 0.6) is 0 Å². The zero-order valence-corrected chi connectivity index (χ0v) is 13.4. The van der Waals surface area contributed by atoms with Gasteiger partial charge in [-0.25, -0.2) is 0 Å². The van der Waals surface area contributed by atoms with E-state index in [4.69, 9.17) is 4.52 Å². The summed E-state index contributed by atoms with van der Waals surface area (Å²) in [7, 11) is 0. The van der Waals surface area contributed by atoms with Crippen LogP contribution in [0, 0.1) is 6.92 Å². The van der Waals surface area contributed by atoms with Gasteiger partial charge in [-0.2, -0.15) is 0 Å².